The van der Waals surface area contributed by atoms with Crippen molar-refractivity contribution < 1.29 is 9.59 Å². The predicted molar refractivity (Wildman–Crippen MR) is 146 cm³/mol. The van der Waals surface area contributed by atoms with E-state index < -0.39 is 0 Å². The molecule has 4 aromatic rings. The zero-order chi connectivity index (χ0) is 25.1. The summed E-state index contributed by atoms with van der Waals surface area (Å²) in [7, 11) is 0. The highest BCUT2D eigenvalue weighted by molar-refractivity contribution is 7.14. The Kier molecular flexibility index (Phi) is 7.42. The van der Waals surface area contributed by atoms with Crippen LogP contribution < -0.4 is 0 Å². The summed E-state index contributed by atoms with van der Waals surface area (Å²) in [6.07, 6.45) is 9.01. The van der Waals surface area contributed by atoms with Gasteiger partial charge in [0.15, 0.2) is 17.4 Å². The number of benzene rings is 1. The van der Waals surface area contributed by atoms with Gasteiger partial charge >= 0.3 is 0 Å². The number of pyridine rings is 1. The summed E-state index contributed by atoms with van der Waals surface area (Å²) in [5.41, 5.74) is 3.44. The fourth-order valence-corrected chi connectivity index (χ4v) is 6.25. The minimum absolute atomic E-state index is 0.174. The maximum atomic E-state index is 12.9. The molecule has 1 fully saturated rings. The molecule has 3 heterocycles. The van der Waals surface area contributed by atoms with Crippen LogP contribution in [-0.2, 0) is 0 Å². The highest BCUT2D eigenvalue weighted by Crippen LogP contribution is 2.39. The number of carbonyl (C=O) groups excluding carboxylic acids is 2. The van der Waals surface area contributed by atoms with Gasteiger partial charge in [-0.2, -0.15) is 0 Å². The normalized spacial score (nSPS) is 17.9. The molecule has 1 aliphatic carbocycles. The molecule has 1 aliphatic rings. The molecule has 1 saturated carbocycles. The van der Waals surface area contributed by atoms with Crippen LogP contribution in [0.1, 0.15) is 89.2 Å². The summed E-state index contributed by atoms with van der Waals surface area (Å²) in [6, 6.07) is 16.1. The second-order valence-electron chi connectivity index (χ2n) is 9.97. The first-order valence-corrected chi connectivity index (χ1v) is 13.9. The number of fused-ring (bicyclic) bond motifs is 1. The first kappa shape index (κ1) is 24.6. The van der Waals surface area contributed by atoms with Gasteiger partial charge in [-0.05, 0) is 81.0 Å². The van der Waals surface area contributed by atoms with E-state index in [0.717, 1.165) is 71.5 Å². The maximum Gasteiger partial charge on any atom is 0.173 e. The Bertz CT molecular complexity index is 1370. The number of unbranched alkanes of at least 4 members (excludes halogenated alkanes) is 1. The van der Waals surface area contributed by atoms with Crippen LogP contribution in [0.4, 0.5) is 0 Å². The molecular weight excluding hydrogens is 466 g/mol. The molecule has 6 heteroatoms. The molecule has 0 radical (unpaired) electrons. The van der Waals surface area contributed by atoms with E-state index in [1.807, 2.05) is 49.4 Å². The molecule has 3 aromatic heterocycles. The van der Waals surface area contributed by atoms with Crippen LogP contribution in [0.15, 0.2) is 54.7 Å². The number of nitrogens with zero attached hydrogens (tertiary/aromatic N) is 3. The summed E-state index contributed by atoms with van der Waals surface area (Å²) in [5, 5.41) is 0. The number of carbonyl (C=O) groups is 2. The van der Waals surface area contributed by atoms with Gasteiger partial charge in [-0.15, -0.1) is 11.3 Å². The molecule has 0 amide bonds. The Morgan fingerprint density at radius 3 is 2.72 bits per heavy atom. The molecule has 5 rings (SSSR count). The minimum Gasteiger partial charge on any atom is -0.320 e. The summed E-state index contributed by atoms with van der Waals surface area (Å²) in [5.74, 6) is 1.62. The van der Waals surface area contributed by atoms with E-state index in [0.29, 0.717) is 18.8 Å². The standard InChI is InChI=1S/C30H33N3O2S/c1-3-4-11-27(34)22-13-14-26-25(19-22)32-30(24-10-5-6-16-31-24)33(26)23-9-7-8-21(17-23)18-28(35)29-15-12-20(2)36-29/h5-6,10,12-16,19,21,23H,3-4,7-9,11,17-18H2,1-2H3/t21-,23+/m0/s1. The average molecular weight is 500 g/mol. The number of aryl methyl sites for hydroxylation is 1. The zero-order valence-electron chi connectivity index (χ0n) is 21.1. The van der Waals surface area contributed by atoms with Crippen LogP contribution in [0.25, 0.3) is 22.6 Å². The van der Waals surface area contributed by atoms with E-state index >= 15 is 0 Å². The molecule has 36 heavy (non-hydrogen) atoms. The Labute approximate surface area is 216 Å². The van der Waals surface area contributed by atoms with Crippen molar-refractivity contribution >= 4 is 33.9 Å². The van der Waals surface area contributed by atoms with Crippen molar-refractivity contribution in [3.8, 4) is 11.5 Å². The van der Waals surface area contributed by atoms with Crippen LogP contribution in [0, 0.1) is 12.8 Å². The van der Waals surface area contributed by atoms with E-state index in [1.54, 1.807) is 17.5 Å². The van der Waals surface area contributed by atoms with Crippen LogP contribution >= 0.6 is 11.3 Å². The summed E-state index contributed by atoms with van der Waals surface area (Å²) in [4.78, 5) is 37.3. The van der Waals surface area contributed by atoms with Crippen LogP contribution in [0.3, 0.4) is 0 Å². The molecule has 0 saturated heterocycles. The third-order valence-corrected chi connectivity index (χ3v) is 8.31. The predicted octanol–water partition coefficient (Wildman–Crippen LogP) is 7.85. The molecule has 0 unspecified atom stereocenters. The summed E-state index contributed by atoms with van der Waals surface area (Å²) in [6.45, 7) is 4.15. The molecule has 0 spiro atoms. The van der Waals surface area contributed by atoms with Gasteiger partial charge in [-0.25, -0.2) is 4.98 Å². The monoisotopic (exact) mass is 499 g/mol. The van der Waals surface area contributed by atoms with Crippen molar-refractivity contribution in [1.29, 1.82) is 0 Å². The SMILES string of the molecule is CCCCC(=O)c1ccc2c(c1)nc(-c1ccccn1)n2[C@@H]1CCC[C@H](CC(=O)c2ccc(C)s2)C1. The van der Waals surface area contributed by atoms with Gasteiger partial charge in [-0.3, -0.25) is 14.6 Å². The fourth-order valence-electron chi connectivity index (χ4n) is 5.43. The topological polar surface area (TPSA) is 64.8 Å². The second kappa shape index (κ2) is 10.9. The van der Waals surface area contributed by atoms with Gasteiger partial charge in [0.2, 0.25) is 0 Å². The van der Waals surface area contributed by atoms with Gasteiger partial charge < -0.3 is 4.57 Å². The molecule has 5 nitrogen and oxygen atoms in total. The van der Waals surface area contributed by atoms with E-state index in [2.05, 4.69) is 22.5 Å². The van der Waals surface area contributed by atoms with Gasteiger partial charge in [0.05, 0.1) is 15.9 Å². The molecule has 2 atom stereocenters. The van der Waals surface area contributed by atoms with Crippen molar-refractivity contribution in [1.82, 2.24) is 14.5 Å². The maximum absolute atomic E-state index is 12.9. The number of aromatic nitrogens is 3. The number of ketones is 2. The molecule has 1 aromatic carbocycles. The Morgan fingerprint density at radius 2 is 1.97 bits per heavy atom. The molecular formula is C30H33N3O2S. The van der Waals surface area contributed by atoms with E-state index in [4.69, 9.17) is 4.98 Å². The zero-order valence-corrected chi connectivity index (χ0v) is 21.9. The number of hydrogen-bond acceptors (Lipinski definition) is 5. The lowest BCUT2D eigenvalue weighted by atomic mass is 9.82. The van der Waals surface area contributed by atoms with Crippen molar-refractivity contribution in [3.63, 3.8) is 0 Å². The van der Waals surface area contributed by atoms with Crippen molar-refractivity contribution in [3.05, 3.63) is 70.0 Å². The van der Waals surface area contributed by atoms with E-state index in [9.17, 15) is 9.59 Å². The number of hydrogen-bond donors (Lipinski definition) is 0. The van der Waals surface area contributed by atoms with Crippen molar-refractivity contribution in [2.75, 3.05) is 0 Å². The first-order valence-electron chi connectivity index (χ1n) is 13.1. The Balaban J connectivity index is 1.47. The number of thiophene rings is 1. The van der Waals surface area contributed by atoms with Gasteiger partial charge in [-0.1, -0.05) is 25.8 Å². The molecule has 0 N–H and O–H groups in total. The van der Waals surface area contributed by atoms with E-state index in [-0.39, 0.29) is 17.6 Å². The Hall–Kier alpha value is -3.12. The summed E-state index contributed by atoms with van der Waals surface area (Å²) < 4.78 is 2.32. The van der Waals surface area contributed by atoms with Gasteiger partial charge in [0.1, 0.15) is 5.69 Å². The number of imidazole rings is 1. The van der Waals surface area contributed by atoms with Crippen LogP contribution in [-0.4, -0.2) is 26.1 Å². The van der Waals surface area contributed by atoms with E-state index in [1.165, 1.54) is 4.88 Å². The molecule has 0 bridgehead atoms. The minimum atomic E-state index is 0.174. The Morgan fingerprint density at radius 1 is 1.08 bits per heavy atom. The van der Waals surface area contributed by atoms with Crippen molar-refractivity contribution in [2.24, 2.45) is 5.92 Å². The van der Waals surface area contributed by atoms with Gasteiger partial charge in [0.25, 0.3) is 0 Å². The average Bonchev–Trinajstić information content (AvgIpc) is 3.51. The van der Waals surface area contributed by atoms with Gasteiger partial charge in [0, 0.05) is 35.5 Å². The fraction of sp³-hybridized carbons (Fsp3) is 0.400. The number of Topliss-reactive ketones (excluding diaryl/α,β-unsaturated/α-hetero) is 2. The summed E-state index contributed by atoms with van der Waals surface area (Å²) >= 11 is 1.59. The molecule has 0 aliphatic heterocycles. The molecule has 186 valence electrons. The van der Waals surface area contributed by atoms with Crippen LogP contribution in [0.5, 0.6) is 0 Å². The quantitative estimate of drug-likeness (QED) is 0.220. The smallest absolute Gasteiger partial charge is 0.173 e. The lowest BCUT2D eigenvalue weighted by Gasteiger charge is -2.31. The van der Waals surface area contributed by atoms with Crippen molar-refractivity contribution in [2.45, 2.75) is 71.3 Å². The number of rotatable bonds is 9. The van der Waals surface area contributed by atoms with Crippen LogP contribution in [0.2, 0.25) is 0 Å². The second-order valence-corrected chi connectivity index (χ2v) is 11.3. The third kappa shape index (κ3) is 5.19. The first-order chi connectivity index (χ1) is 17.5. The highest BCUT2D eigenvalue weighted by atomic mass is 32.1. The largest absolute Gasteiger partial charge is 0.320 e. The lowest BCUT2D eigenvalue weighted by Crippen LogP contribution is -2.22. The third-order valence-electron chi connectivity index (χ3n) is 7.27. The lowest BCUT2D eigenvalue weighted by molar-refractivity contribution is 0.0944. The highest BCUT2D eigenvalue weighted by Gasteiger charge is 2.29.